The number of carbonyl (C=O) groups is 1. The van der Waals surface area contributed by atoms with Crippen molar-refractivity contribution in [2.24, 2.45) is 0 Å². The highest BCUT2D eigenvalue weighted by Crippen LogP contribution is 2.30. The van der Waals surface area contributed by atoms with Crippen LogP contribution in [0.1, 0.15) is 23.1 Å². The molecule has 3 rings (SSSR count). The first kappa shape index (κ1) is 19.8. The fourth-order valence-corrected chi connectivity index (χ4v) is 2.93. The van der Waals surface area contributed by atoms with E-state index in [0.717, 1.165) is 12.1 Å². The van der Waals surface area contributed by atoms with Gasteiger partial charge in [-0.2, -0.15) is 18.4 Å². The number of amides is 1. The number of pyridine rings is 1. The van der Waals surface area contributed by atoms with Crippen LogP contribution < -0.4 is 10.6 Å². The van der Waals surface area contributed by atoms with Gasteiger partial charge in [0.2, 0.25) is 5.91 Å². The van der Waals surface area contributed by atoms with Gasteiger partial charge in [0, 0.05) is 31.3 Å². The van der Waals surface area contributed by atoms with Crippen molar-refractivity contribution in [3.05, 3.63) is 53.2 Å². The molecule has 1 aromatic carbocycles. The number of carbonyl (C=O) groups excluding carboxylic acids is 1. The first-order chi connectivity index (χ1) is 13.3. The molecule has 0 saturated carbocycles. The van der Waals surface area contributed by atoms with Crippen molar-refractivity contribution in [2.45, 2.75) is 31.4 Å². The van der Waals surface area contributed by atoms with E-state index in [1.54, 1.807) is 6.07 Å². The first-order valence-electron chi connectivity index (χ1n) is 8.49. The quantitative estimate of drug-likeness (QED) is 0.785. The van der Waals surface area contributed by atoms with Gasteiger partial charge in [0.05, 0.1) is 22.9 Å². The summed E-state index contributed by atoms with van der Waals surface area (Å²) in [5.74, 6) is -0.378. The van der Waals surface area contributed by atoms with Crippen LogP contribution in [0.2, 0.25) is 0 Å². The molecule has 1 saturated heterocycles. The Hall–Kier alpha value is -2.99. The predicted octanol–water partition coefficient (Wildman–Crippen LogP) is 2.96. The van der Waals surface area contributed by atoms with Gasteiger partial charge in [-0.15, -0.1) is 0 Å². The molecule has 1 aromatic heterocycles. The molecule has 9 heteroatoms. The molecule has 0 bridgehead atoms. The first-order valence-corrected chi connectivity index (χ1v) is 8.49. The van der Waals surface area contributed by atoms with E-state index in [1.807, 2.05) is 6.07 Å². The van der Waals surface area contributed by atoms with E-state index in [1.165, 1.54) is 18.3 Å². The lowest BCUT2D eigenvalue weighted by molar-refractivity contribution is -0.137. The van der Waals surface area contributed by atoms with Crippen molar-refractivity contribution in [1.82, 2.24) is 15.6 Å². The van der Waals surface area contributed by atoms with Crippen LogP contribution in [-0.2, 0) is 17.5 Å². The van der Waals surface area contributed by atoms with Crippen molar-refractivity contribution in [3.8, 4) is 17.3 Å². The Bertz CT molecular complexity index is 906. The van der Waals surface area contributed by atoms with E-state index in [0.29, 0.717) is 16.8 Å². The van der Waals surface area contributed by atoms with E-state index >= 15 is 0 Å². The van der Waals surface area contributed by atoms with Crippen LogP contribution >= 0.6 is 0 Å². The average Bonchev–Trinajstić information content (AvgIpc) is 3.11. The number of hydrogen-bond donors (Lipinski definition) is 2. The molecule has 0 spiro atoms. The predicted molar refractivity (Wildman–Crippen MR) is 92.5 cm³/mol. The van der Waals surface area contributed by atoms with Crippen LogP contribution in [0.15, 0.2) is 36.5 Å². The Morgan fingerprint density at radius 3 is 2.61 bits per heavy atom. The number of hydrogen-bond acceptors (Lipinski definition) is 4. The number of rotatable bonds is 4. The summed E-state index contributed by atoms with van der Waals surface area (Å²) in [6.07, 6.45) is -4.11. The molecule has 0 aliphatic carbocycles. The molecule has 2 atom stereocenters. The second-order valence-corrected chi connectivity index (χ2v) is 6.43. The monoisotopic (exact) mass is 392 g/mol. The highest BCUT2D eigenvalue weighted by Gasteiger charge is 2.30. The van der Waals surface area contributed by atoms with Crippen LogP contribution in [0.4, 0.5) is 17.6 Å². The largest absolute Gasteiger partial charge is 0.416 e. The van der Waals surface area contributed by atoms with Crippen LogP contribution in [0, 0.1) is 11.3 Å². The maximum Gasteiger partial charge on any atom is 0.416 e. The van der Waals surface area contributed by atoms with Gasteiger partial charge in [0.1, 0.15) is 12.2 Å². The molecule has 2 aromatic rings. The van der Waals surface area contributed by atoms with Crippen molar-refractivity contribution in [2.75, 3.05) is 6.54 Å². The lowest BCUT2D eigenvalue weighted by Crippen LogP contribution is -2.40. The molecule has 28 heavy (non-hydrogen) atoms. The molecule has 1 aliphatic rings. The standard InChI is InChI=1S/C19H16F4N4O/c20-15-6-17(26-10-15)18(28)27-8-12-5-16(25-9-13(12)7-24)11-1-3-14(4-2-11)19(21,22)23/h1-5,9,15,17,26H,6,8,10H2,(H,27,28)/t15-,17+/m1/s1. The summed E-state index contributed by atoms with van der Waals surface area (Å²) in [6.45, 7) is 0.141. The zero-order valence-corrected chi connectivity index (χ0v) is 14.6. The van der Waals surface area contributed by atoms with Crippen LogP contribution in [-0.4, -0.2) is 29.6 Å². The van der Waals surface area contributed by atoms with E-state index in [9.17, 15) is 27.6 Å². The molecule has 146 valence electrons. The zero-order chi connectivity index (χ0) is 20.3. The number of nitrogens with one attached hydrogen (secondary N) is 2. The number of benzene rings is 1. The second-order valence-electron chi connectivity index (χ2n) is 6.43. The van der Waals surface area contributed by atoms with Crippen molar-refractivity contribution >= 4 is 5.91 Å². The summed E-state index contributed by atoms with van der Waals surface area (Å²) < 4.78 is 51.3. The summed E-state index contributed by atoms with van der Waals surface area (Å²) in [5, 5.41) is 14.6. The molecular weight excluding hydrogens is 376 g/mol. The maximum absolute atomic E-state index is 13.2. The van der Waals surface area contributed by atoms with Crippen molar-refractivity contribution in [3.63, 3.8) is 0 Å². The molecule has 0 unspecified atom stereocenters. The third-order valence-corrected chi connectivity index (χ3v) is 4.46. The van der Waals surface area contributed by atoms with E-state index in [2.05, 4.69) is 15.6 Å². The summed E-state index contributed by atoms with van der Waals surface area (Å²) >= 11 is 0. The van der Waals surface area contributed by atoms with Gasteiger partial charge < -0.3 is 10.6 Å². The highest BCUT2D eigenvalue weighted by molar-refractivity contribution is 5.82. The van der Waals surface area contributed by atoms with Gasteiger partial charge in [-0.1, -0.05) is 12.1 Å². The van der Waals surface area contributed by atoms with Gasteiger partial charge in [-0.3, -0.25) is 9.78 Å². The smallest absolute Gasteiger partial charge is 0.351 e. The fourth-order valence-electron chi connectivity index (χ4n) is 2.93. The third-order valence-electron chi connectivity index (χ3n) is 4.46. The molecular formula is C19H16F4N4O. The molecule has 2 N–H and O–H groups in total. The normalized spacial score (nSPS) is 19.2. The van der Waals surface area contributed by atoms with E-state index < -0.39 is 24.0 Å². The summed E-state index contributed by atoms with van der Waals surface area (Å²) in [4.78, 5) is 16.2. The SMILES string of the molecule is N#Cc1cnc(-c2ccc(C(F)(F)F)cc2)cc1CNC(=O)[C@@H]1C[C@@H](F)CN1. The van der Waals surface area contributed by atoms with Crippen molar-refractivity contribution in [1.29, 1.82) is 5.26 Å². The number of nitriles is 1. The molecule has 0 radical (unpaired) electrons. The van der Waals surface area contributed by atoms with Crippen molar-refractivity contribution < 1.29 is 22.4 Å². The fraction of sp³-hybridized carbons (Fsp3) is 0.316. The second kappa shape index (κ2) is 7.94. The van der Waals surface area contributed by atoms with E-state index in [-0.39, 0.29) is 31.0 Å². The van der Waals surface area contributed by atoms with Gasteiger partial charge in [0.15, 0.2) is 0 Å². The minimum absolute atomic E-state index is 0.0208. The lowest BCUT2D eigenvalue weighted by atomic mass is 10.0. The number of alkyl halides is 4. The number of halogens is 4. The van der Waals surface area contributed by atoms with Crippen LogP contribution in [0.3, 0.4) is 0 Å². The topological polar surface area (TPSA) is 77.8 Å². The number of aromatic nitrogens is 1. The Labute approximate surface area is 158 Å². The van der Waals surface area contributed by atoms with Gasteiger partial charge in [-0.05, 0) is 23.8 Å². The summed E-state index contributed by atoms with van der Waals surface area (Å²) in [6, 6.07) is 7.38. The molecule has 2 heterocycles. The molecule has 1 fully saturated rings. The number of nitrogens with zero attached hydrogens (tertiary/aromatic N) is 2. The van der Waals surface area contributed by atoms with Crippen LogP contribution in [0.25, 0.3) is 11.3 Å². The Morgan fingerprint density at radius 1 is 1.32 bits per heavy atom. The van der Waals surface area contributed by atoms with Crippen LogP contribution in [0.5, 0.6) is 0 Å². The lowest BCUT2D eigenvalue weighted by Gasteiger charge is -2.13. The summed E-state index contributed by atoms with van der Waals surface area (Å²) in [5.41, 5.74) is 0.754. The Kier molecular flexibility index (Phi) is 5.61. The highest BCUT2D eigenvalue weighted by atomic mass is 19.4. The Morgan fingerprint density at radius 2 is 2.04 bits per heavy atom. The third kappa shape index (κ3) is 4.46. The minimum Gasteiger partial charge on any atom is -0.351 e. The Balaban J connectivity index is 1.76. The van der Waals surface area contributed by atoms with Gasteiger partial charge >= 0.3 is 6.18 Å². The van der Waals surface area contributed by atoms with Gasteiger partial charge in [-0.25, -0.2) is 4.39 Å². The zero-order valence-electron chi connectivity index (χ0n) is 14.6. The average molecular weight is 392 g/mol. The minimum atomic E-state index is -4.43. The van der Waals surface area contributed by atoms with Gasteiger partial charge in [0.25, 0.3) is 0 Å². The molecule has 1 aliphatic heterocycles. The molecule has 1 amide bonds. The maximum atomic E-state index is 13.2. The summed E-state index contributed by atoms with van der Waals surface area (Å²) in [7, 11) is 0. The molecule has 5 nitrogen and oxygen atoms in total. The van der Waals surface area contributed by atoms with E-state index in [4.69, 9.17) is 0 Å².